The number of para-hydroxylation sites is 1. The highest BCUT2D eigenvalue weighted by Gasteiger charge is 2.19. The number of thiazole rings is 1. The Kier molecular flexibility index (Phi) is 7.16. The summed E-state index contributed by atoms with van der Waals surface area (Å²) in [6.45, 7) is 1.85. The normalized spacial score (nSPS) is 13.0. The van der Waals surface area contributed by atoms with Crippen LogP contribution in [0, 0.1) is 11.3 Å². The number of nitrogens with one attached hydrogen (secondary N) is 1. The summed E-state index contributed by atoms with van der Waals surface area (Å²) in [6, 6.07) is 33.5. The van der Waals surface area contributed by atoms with Crippen LogP contribution in [0.2, 0.25) is 0 Å². The second-order valence-electron chi connectivity index (χ2n) is 8.55. The molecule has 5 aromatic rings. The minimum atomic E-state index is -0.550. The van der Waals surface area contributed by atoms with Crippen LogP contribution < -0.4 is 20.1 Å². The first-order valence-corrected chi connectivity index (χ1v) is 12.8. The molecule has 0 aliphatic carbocycles. The molecule has 186 valence electrons. The molecule has 1 N–H and O–H groups in total. The maximum absolute atomic E-state index is 13.6. The topological polar surface area (TPSA) is 88.0 Å². The molecule has 0 bridgehead atoms. The maximum Gasteiger partial charge on any atom is 0.273 e. The Labute approximate surface area is 223 Å². The second-order valence-corrected chi connectivity index (χ2v) is 9.58. The van der Waals surface area contributed by atoms with E-state index in [9.17, 15) is 14.9 Å². The van der Waals surface area contributed by atoms with Crippen molar-refractivity contribution in [2.75, 3.05) is 0 Å². The van der Waals surface area contributed by atoms with Gasteiger partial charge in [-0.2, -0.15) is 5.26 Å². The number of furan rings is 1. The van der Waals surface area contributed by atoms with Gasteiger partial charge in [0, 0.05) is 11.6 Å². The molecule has 1 amide bonds. The van der Waals surface area contributed by atoms with Crippen LogP contribution in [0.3, 0.4) is 0 Å². The van der Waals surface area contributed by atoms with E-state index in [2.05, 4.69) is 5.32 Å². The van der Waals surface area contributed by atoms with Gasteiger partial charge in [-0.25, -0.2) is 0 Å². The van der Waals surface area contributed by atoms with Crippen molar-refractivity contribution in [2.24, 2.45) is 0 Å². The second kappa shape index (κ2) is 11.0. The summed E-state index contributed by atoms with van der Waals surface area (Å²) in [7, 11) is 0. The molecular weight excluding hydrogens is 494 g/mol. The first kappa shape index (κ1) is 24.8. The fourth-order valence-electron chi connectivity index (χ4n) is 4.07. The molecule has 0 radical (unpaired) electrons. The lowest BCUT2D eigenvalue weighted by atomic mass is 10.1. The molecular formula is C31H23N3O3S. The fraction of sp³-hybridized carbons (Fsp3) is 0.0645. The van der Waals surface area contributed by atoms with Gasteiger partial charge in [0.1, 0.15) is 22.3 Å². The number of amides is 1. The summed E-state index contributed by atoms with van der Waals surface area (Å²) >= 11 is 1.08. The monoisotopic (exact) mass is 517 g/mol. The molecule has 6 nitrogen and oxygen atoms in total. The first-order chi connectivity index (χ1) is 18.5. The molecule has 0 fully saturated rings. The summed E-state index contributed by atoms with van der Waals surface area (Å²) in [5.41, 5.74) is 1.91. The summed E-state index contributed by atoms with van der Waals surface area (Å²) in [4.78, 5) is 26.9. The number of nitrogens with zero attached hydrogens (tertiary/aromatic N) is 2. The number of aromatic nitrogens is 1. The predicted octanol–water partition coefficient (Wildman–Crippen LogP) is 4.54. The third kappa shape index (κ3) is 5.12. The van der Waals surface area contributed by atoms with Crippen LogP contribution in [-0.4, -0.2) is 10.5 Å². The molecule has 7 heteroatoms. The highest BCUT2D eigenvalue weighted by atomic mass is 32.1. The van der Waals surface area contributed by atoms with Gasteiger partial charge in [-0.3, -0.25) is 14.2 Å². The van der Waals surface area contributed by atoms with Crippen molar-refractivity contribution in [3.05, 3.63) is 134 Å². The van der Waals surface area contributed by atoms with Crippen molar-refractivity contribution in [3.8, 4) is 23.1 Å². The van der Waals surface area contributed by atoms with Gasteiger partial charge in [-0.15, -0.1) is 11.3 Å². The van der Waals surface area contributed by atoms with E-state index < -0.39 is 5.91 Å². The lowest BCUT2D eigenvalue weighted by Crippen LogP contribution is -2.34. The van der Waals surface area contributed by atoms with E-state index in [-0.39, 0.29) is 21.8 Å². The SMILES string of the molecule is CC(NC(=O)/C(C#N)=c1/s/c(=C/c2ccc(-c3ccccc3)o2)c(=O)n1-c1ccccc1)c1ccccc1. The smallest absolute Gasteiger partial charge is 0.273 e. The van der Waals surface area contributed by atoms with Crippen LogP contribution in [0.25, 0.3) is 28.7 Å². The van der Waals surface area contributed by atoms with E-state index in [1.165, 1.54) is 4.57 Å². The van der Waals surface area contributed by atoms with Gasteiger partial charge in [0.05, 0.1) is 16.3 Å². The van der Waals surface area contributed by atoms with Crippen molar-refractivity contribution in [2.45, 2.75) is 13.0 Å². The average Bonchev–Trinajstić information content (AvgIpc) is 3.55. The summed E-state index contributed by atoms with van der Waals surface area (Å²) in [5.74, 6) is 0.621. The van der Waals surface area contributed by atoms with E-state index in [4.69, 9.17) is 4.42 Å². The van der Waals surface area contributed by atoms with Gasteiger partial charge in [-0.05, 0) is 36.8 Å². The molecule has 38 heavy (non-hydrogen) atoms. The lowest BCUT2D eigenvalue weighted by molar-refractivity contribution is -0.116. The summed E-state index contributed by atoms with van der Waals surface area (Å²) in [6.07, 6.45) is 1.64. The highest BCUT2D eigenvalue weighted by Crippen LogP contribution is 2.22. The molecule has 2 heterocycles. The van der Waals surface area contributed by atoms with E-state index in [0.29, 0.717) is 21.7 Å². The number of benzene rings is 3. The number of carbonyl (C=O) groups excluding carboxylic acids is 1. The first-order valence-electron chi connectivity index (χ1n) is 12.0. The predicted molar refractivity (Wildman–Crippen MR) is 149 cm³/mol. The van der Waals surface area contributed by atoms with Crippen molar-refractivity contribution in [1.29, 1.82) is 5.26 Å². The van der Waals surface area contributed by atoms with Gasteiger partial charge < -0.3 is 9.73 Å². The van der Waals surface area contributed by atoms with Gasteiger partial charge in [-0.1, -0.05) is 78.9 Å². The van der Waals surface area contributed by atoms with Gasteiger partial charge in [0.2, 0.25) is 0 Å². The van der Waals surface area contributed by atoms with Crippen LogP contribution in [-0.2, 0) is 4.79 Å². The Morgan fingerprint density at radius 1 is 0.947 bits per heavy atom. The Bertz CT molecular complexity index is 1800. The molecule has 0 aliphatic rings. The molecule has 1 unspecified atom stereocenters. The zero-order valence-electron chi connectivity index (χ0n) is 20.5. The number of hydrogen-bond acceptors (Lipinski definition) is 5. The summed E-state index contributed by atoms with van der Waals surface area (Å²) in [5, 5.41) is 12.9. The van der Waals surface area contributed by atoms with E-state index in [0.717, 1.165) is 22.5 Å². The minimum absolute atomic E-state index is 0.136. The van der Waals surface area contributed by atoms with Gasteiger partial charge in [0.15, 0.2) is 5.57 Å². The minimum Gasteiger partial charge on any atom is -0.457 e. The Morgan fingerprint density at radius 2 is 1.58 bits per heavy atom. The Morgan fingerprint density at radius 3 is 2.24 bits per heavy atom. The third-order valence-electron chi connectivity index (χ3n) is 6.00. The molecule has 3 aromatic carbocycles. The third-order valence-corrected chi connectivity index (χ3v) is 7.09. The van der Waals surface area contributed by atoms with Crippen molar-refractivity contribution in [3.63, 3.8) is 0 Å². The van der Waals surface area contributed by atoms with Crippen molar-refractivity contribution < 1.29 is 9.21 Å². The van der Waals surface area contributed by atoms with Crippen molar-refractivity contribution in [1.82, 2.24) is 9.88 Å². The molecule has 5 rings (SSSR count). The van der Waals surface area contributed by atoms with E-state index in [1.807, 2.05) is 85.8 Å². The van der Waals surface area contributed by atoms with Gasteiger partial charge in [0.25, 0.3) is 11.5 Å². The number of hydrogen-bond donors (Lipinski definition) is 1. The van der Waals surface area contributed by atoms with Crippen LogP contribution in [0.15, 0.2) is 112 Å². The van der Waals surface area contributed by atoms with Crippen LogP contribution in [0.4, 0.5) is 0 Å². The standard InChI is InChI=1S/C31H23N3O3S/c1-21(22-11-5-2-6-12-22)33-29(35)26(20-32)31-34(24-15-9-4-10-16-24)30(36)28(38-31)19-25-17-18-27(37-25)23-13-7-3-8-14-23/h2-19,21H,1H3,(H,33,35)/b28-19+,31-26+. The van der Waals surface area contributed by atoms with Crippen LogP contribution in [0.1, 0.15) is 24.3 Å². The molecule has 0 saturated heterocycles. The Hall–Kier alpha value is -4.93. The number of rotatable bonds is 6. The van der Waals surface area contributed by atoms with E-state index >= 15 is 0 Å². The zero-order chi connectivity index (χ0) is 26.5. The maximum atomic E-state index is 13.6. The Balaban J connectivity index is 1.63. The number of carbonyl (C=O) groups is 1. The quantitative estimate of drug-likeness (QED) is 0.358. The largest absolute Gasteiger partial charge is 0.457 e. The van der Waals surface area contributed by atoms with Crippen LogP contribution >= 0.6 is 11.3 Å². The lowest BCUT2D eigenvalue weighted by Gasteiger charge is -2.13. The van der Waals surface area contributed by atoms with Crippen molar-refractivity contribution >= 4 is 28.9 Å². The van der Waals surface area contributed by atoms with Crippen LogP contribution in [0.5, 0.6) is 0 Å². The van der Waals surface area contributed by atoms with Gasteiger partial charge >= 0.3 is 0 Å². The molecule has 1 atom stereocenters. The fourth-order valence-corrected chi connectivity index (χ4v) is 5.15. The number of nitriles is 1. The average molecular weight is 518 g/mol. The highest BCUT2D eigenvalue weighted by molar-refractivity contribution is 7.07. The molecule has 2 aromatic heterocycles. The summed E-state index contributed by atoms with van der Waals surface area (Å²) < 4.78 is 7.97. The molecule has 0 saturated carbocycles. The van der Waals surface area contributed by atoms with E-state index in [1.54, 1.807) is 36.4 Å². The molecule has 0 spiro atoms. The zero-order valence-corrected chi connectivity index (χ0v) is 21.3. The molecule has 0 aliphatic heterocycles.